The van der Waals surface area contributed by atoms with Crippen molar-refractivity contribution in [2.45, 2.75) is 77.6 Å². The topological polar surface area (TPSA) is 9.23 Å². The quantitative estimate of drug-likeness (QED) is 0.413. The van der Waals surface area contributed by atoms with Crippen molar-refractivity contribution < 1.29 is 4.74 Å². The van der Waals surface area contributed by atoms with Crippen LogP contribution in [0.2, 0.25) is 0 Å². The minimum absolute atomic E-state index is 0.851. The van der Waals surface area contributed by atoms with Crippen LogP contribution in [0.15, 0.2) is 12.2 Å². The molecule has 2 fully saturated rings. The fourth-order valence-corrected chi connectivity index (χ4v) is 4.48. The molecule has 2 saturated carbocycles. The number of methoxy groups -OCH3 is 1. The first-order valence-electron chi connectivity index (χ1n) is 9.49. The molecule has 2 aliphatic rings. The number of hydrogen-bond acceptors (Lipinski definition) is 1. The zero-order chi connectivity index (χ0) is 14.9. The fourth-order valence-electron chi connectivity index (χ4n) is 4.48. The van der Waals surface area contributed by atoms with E-state index in [2.05, 4.69) is 19.1 Å². The first-order chi connectivity index (χ1) is 10.3. The highest BCUT2D eigenvalue weighted by Gasteiger charge is 2.30. The van der Waals surface area contributed by atoms with Crippen molar-refractivity contribution in [3.05, 3.63) is 12.2 Å². The van der Waals surface area contributed by atoms with Gasteiger partial charge in [0.2, 0.25) is 0 Å². The molecule has 0 N–H and O–H groups in total. The van der Waals surface area contributed by atoms with Gasteiger partial charge in [0.1, 0.15) is 0 Å². The van der Waals surface area contributed by atoms with Gasteiger partial charge in [0.25, 0.3) is 0 Å². The van der Waals surface area contributed by atoms with Gasteiger partial charge in [-0.3, -0.25) is 0 Å². The highest BCUT2D eigenvalue weighted by molar-refractivity contribution is 4.92. The Kier molecular flexibility index (Phi) is 7.85. The molecule has 0 aliphatic heterocycles. The lowest BCUT2D eigenvalue weighted by Crippen LogP contribution is -2.26. The van der Waals surface area contributed by atoms with Crippen LogP contribution in [-0.4, -0.2) is 13.7 Å². The van der Waals surface area contributed by atoms with Gasteiger partial charge >= 0.3 is 0 Å². The molecular formula is C20H36O. The highest BCUT2D eigenvalue weighted by Crippen LogP contribution is 2.41. The number of hydrogen-bond donors (Lipinski definition) is 0. The monoisotopic (exact) mass is 292 g/mol. The minimum Gasteiger partial charge on any atom is -0.384 e. The summed E-state index contributed by atoms with van der Waals surface area (Å²) in [5.74, 6) is 3.81. The second kappa shape index (κ2) is 9.66. The second-order valence-corrected chi connectivity index (χ2v) is 7.48. The molecule has 0 spiro atoms. The molecule has 0 aromatic rings. The molecule has 1 heteroatoms. The molecule has 0 aromatic heterocycles. The molecular weight excluding hydrogens is 256 g/mol. The van der Waals surface area contributed by atoms with Gasteiger partial charge in [-0.25, -0.2) is 0 Å². The Morgan fingerprint density at radius 3 is 2.10 bits per heavy atom. The summed E-state index contributed by atoms with van der Waals surface area (Å²) in [6.07, 6.45) is 20.6. The van der Waals surface area contributed by atoms with E-state index in [1.807, 2.05) is 7.11 Å². The Morgan fingerprint density at radius 1 is 0.905 bits per heavy atom. The number of allylic oxidation sites excluding steroid dienone is 2. The van der Waals surface area contributed by atoms with E-state index in [-0.39, 0.29) is 0 Å². The van der Waals surface area contributed by atoms with Gasteiger partial charge in [0.15, 0.2) is 0 Å². The summed E-state index contributed by atoms with van der Waals surface area (Å²) in [7, 11) is 1.85. The standard InChI is InChI=1S/C20H36O/c1-3-4-5-6-7-17-8-12-19(13-9-17)20-14-10-18(11-15-20)16-21-2/h6-7,17-20H,3-5,8-16H2,1-2H3/t17-,18-,19-,20-. The largest absolute Gasteiger partial charge is 0.384 e. The molecule has 21 heavy (non-hydrogen) atoms. The summed E-state index contributed by atoms with van der Waals surface area (Å²) >= 11 is 0. The predicted octanol–water partition coefficient (Wildman–Crippen LogP) is 5.99. The Labute approximate surface area is 132 Å². The van der Waals surface area contributed by atoms with Gasteiger partial charge in [-0.1, -0.05) is 31.9 Å². The van der Waals surface area contributed by atoms with E-state index >= 15 is 0 Å². The van der Waals surface area contributed by atoms with Crippen molar-refractivity contribution in [2.75, 3.05) is 13.7 Å². The van der Waals surface area contributed by atoms with Crippen LogP contribution in [0.4, 0.5) is 0 Å². The summed E-state index contributed by atoms with van der Waals surface area (Å²) in [6.45, 7) is 3.27. The highest BCUT2D eigenvalue weighted by atomic mass is 16.5. The molecule has 122 valence electrons. The van der Waals surface area contributed by atoms with Gasteiger partial charge in [-0.2, -0.15) is 0 Å². The molecule has 2 rings (SSSR count). The van der Waals surface area contributed by atoms with Gasteiger partial charge < -0.3 is 4.74 Å². The third kappa shape index (κ3) is 5.77. The maximum absolute atomic E-state index is 5.32. The Hall–Kier alpha value is -0.300. The summed E-state index contributed by atoms with van der Waals surface area (Å²) in [5.41, 5.74) is 0. The number of unbranched alkanes of at least 4 members (excludes halogenated alkanes) is 2. The predicted molar refractivity (Wildman–Crippen MR) is 91.4 cm³/mol. The first-order valence-corrected chi connectivity index (χ1v) is 9.49. The van der Waals surface area contributed by atoms with E-state index in [9.17, 15) is 0 Å². The van der Waals surface area contributed by atoms with E-state index in [0.29, 0.717) is 0 Å². The van der Waals surface area contributed by atoms with Crippen molar-refractivity contribution in [1.29, 1.82) is 0 Å². The first kappa shape index (κ1) is 17.1. The molecule has 0 heterocycles. The third-order valence-electron chi connectivity index (χ3n) is 5.91. The van der Waals surface area contributed by atoms with E-state index in [0.717, 1.165) is 30.3 Å². The van der Waals surface area contributed by atoms with Crippen molar-refractivity contribution in [3.8, 4) is 0 Å². The summed E-state index contributed by atoms with van der Waals surface area (Å²) in [6, 6.07) is 0. The van der Waals surface area contributed by atoms with Gasteiger partial charge in [0.05, 0.1) is 0 Å². The molecule has 1 nitrogen and oxygen atoms in total. The van der Waals surface area contributed by atoms with E-state index < -0.39 is 0 Å². The van der Waals surface area contributed by atoms with Gasteiger partial charge in [0, 0.05) is 13.7 Å². The Morgan fingerprint density at radius 2 is 1.52 bits per heavy atom. The Balaban J connectivity index is 1.64. The zero-order valence-corrected chi connectivity index (χ0v) is 14.4. The second-order valence-electron chi connectivity index (χ2n) is 7.48. The number of ether oxygens (including phenoxy) is 1. The lowest BCUT2D eigenvalue weighted by Gasteiger charge is -2.37. The third-order valence-corrected chi connectivity index (χ3v) is 5.91. The van der Waals surface area contributed by atoms with Crippen LogP contribution < -0.4 is 0 Å². The molecule has 2 aliphatic carbocycles. The van der Waals surface area contributed by atoms with Crippen molar-refractivity contribution in [3.63, 3.8) is 0 Å². The van der Waals surface area contributed by atoms with Crippen LogP contribution >= 0.6 is 0 Å². The van der Waals surface area contributed by atoms with Crippen LogP contribution in [0, 0.1) is 23.7 Å². The van der Waals surface area contributed by atoms with Crippen LogP contribution in [-0.2, 0) is 4.74 Å². The van der Waals surface area contributed by atoms with E-state index in [4.69, 9.17) is 4.74 Å². The van der Waals surface area contributed by atoms with Crippen LogP contribution in [0.3, 0.4) is 0 Å². The maximum atomic E-state index is 5.32. The lowest BCUT2D eigenvalue weighted by atomic mass is 9.69. The normalized spacial score (nSPS) is 34.4. The van der Waals surface area contributed by atoms with Gasteiger partial charge in [-0.05, 0) is 81.5 Å². The number of rotatable bonds is 7. The molecule has 0 atom stereocenters. The SMILES string of the molecule is CCCCC=C[C@H]1CC[C@H]([C@H]2CC[C@H](COC)CC2)CC1. The summed E-state index contributed by atoms with van der Waals surface area (Å²) in [5, 5.41) is 0. The van der Waals surface area contributed by atoms with Crippen molar-refractivity contribution >= 4 is 0 Å². The van der Waals surface area contributed by atoms with Gasteiger partial charge in [-0.15, -0.1) is 0 Å². The summed E-state index contributed by atoms with van der Waals surface area (Å²) in [4.78, 5) is 0. The lowest BCUT2D eigenvalue weighted by molar-refractivity contribution is 0.0957. The average molecular weight is 293 g/mol. The molecule has 0 amide bonds. The molecule has 0 aromatic carbocycles. The fraction of sp³-hybridized carbons (Fsp3) is 0.900. The van der Waals surface area contributed by atoms with E-state index in [1.165, 1.54) is 70.6 Å². The Bertz CT molecular complexity index is 280. The molecule has 0 saturated heterocycles. The van der Waals surface area contributed by atoms with E-state index in [1.54, 1.807) is 0 Å². The van der Waals surface area contributed by atoms with Crippen LogP contribution in [0.5, 0.6) is 0 Å². The van der Waals surface area contributed by atoms with Crippen LogP contribution in [0.1, 0.15) is 77.6 Å². The molecule has 0 unspecified atom stereocenters. The summed E-state index contributed by atoms with van der Waals surface area (Å²) < 4.78 is 5.32. The minimum atomic E-state index is 0.851. The maximum Gasteiger partial charge on any atom is 0.0490 e. The molecule has 0 bridgehead atoms. The van der Waals surface area contributed by atoms with Crippen LogP contribution in [0.25, 0.3) is 0 Å². The smallest absolute Gasteiger partial charge is 0.0490 e. The zero-order valence-electron chi connectivity index (χ0n) is 14.4. The van der Waals surface area contributed by atoms with Crippen molar-refractivity contribution in [2.24, 2.45) is 23.7 Å². The molecule has 0 radical (unpaired) electrons. The van der Waals surface area contributed by atoms with Crippen molar-refractivity contribution in [1.82, 2.24) is 0 Å². The average Bonchev–Trinajstić information content (AvgIpc) is 2.53.